The molecule has 0 aliphatic carbocycles. The minimum Gasteiger partial charge on any atom is -0.495 e. The highest BCUT2D eigenvalue weighted by molar-refractivity contribution is 7.89. The van der Waals surface area contributed by atoms with Gasteiger partial charge in [0, 0.05) is 18.1 Å². The molecule has 6 nitrogen and oxygen atoms in total. The molecule has 1 aliphatic rings. The number of sulfonamides is 1. The molecule has 2 aromatic rings. The standard InChI is InChI=1S/C19H19Cl3N2O4S/c1-28-16-8-7-13(20)10-17(16)29(26,27)24-9-3-4-12(11-24)19(25)23-18-14(21)5-2-6-15(18)22/h2,5-8,10,12H,3-4,9,11H2,1H3,(H,23,25)/t12-/m0/s1. The lowest BCUT2D eigenvalue weighted by Crippen LogP contribution is -2.43. The average molecular weight is 478 g/mol. The van der Waals surface area contributed by atoms with Gasteiger partial charge in [0.05, 0.1) is 28.8 Å². The number of halogens is 3. The largest absolute Gasteiger partial charge is 0.495 e. The number of benzene rings is 2. The Morgan fingerprint density at radius 3 is 2.52 bits per heavy atom. The lowest BCUT2D eigenvalue weighted by atomic mass is 9.98. The molecular formula is C19H19Cl3N2O4S. The quantitative estimate of drug-likeness (QED) is 0.677. The molecule has 10 heteroatoms. The Morgan fingerprint density at radius 1 is 1.17 bits per heavy atom. The lowest BCUT2D eigenvalue weighted by Gasteiger charge is -2.31. The highest BCUT2D eigenvalue weighted by Gasteiger charge is 2.35. The average Bonchev–Trinajstić information content (AvgIpc) is 2.70. The minimum atomic E-state index is -3.89. The van der Waals surface area contributed by atoms with Crippen molar-refractivity contribution in [2.24, 2.45) is 5.92 Å². The van der Waals surface area contributed by atoms with E-state index in [0.717, 1.165) is 0 Å². The fourth-order valence-corrected chi connectivity index (χ4v) is 5.64. The number of rotatable bonds is 5. The van der Waals surface area contributed by atoms with Gasteiger partial charge in [-0.25, -0.2) is 8.42 Å². The van der Waals surface area contributed by atoms with Crippen LogP contribution >= 0.6 is 34.8 Å². The zero-order valence-corrected chi connectivity index (χ0v) is 18.6. The van der Waals surface area contributed by atoms with E-state index in [1.165, 1.54) is 23.5 Å². The number of hydrogen-bond donors (Lipinski definition) is 1. The third-order valence-electron chi connectivity index (χ3n) is 4.71. The highest BCUT2D eigenvalue weighted by Crippen LogP contribution is 2.33. The van der Waals surface area contributed by atoms with Crippen molar-refractivity contribution < 1.29 is 17.9 Å². The lowest BCUT2D eigenvalue weighted by molar-refractivity contribution is -0.120. The van der Waals surface area contributed by atoms with Crippen LogP contribution in [0.3, 0.4) is 0 Å². The van der Waals surface area contributed by atoms with Crippen molar-refractivity contribution in [3.05, 3.63) is 51.5 Å². The number of nitrogens with one attached hydrogen (secondary N) is 1. The van der Waals surface area contributed by atoms with E-state index in [0.29, 0.717) is 35.1 Å². The predicted molar refractivity (Wildman–Crippen MR) is 115 cm³/mol. The second kappa shape index (κ2) is 9.10. The Hall–Kier alpha value is -1.51. The van der Waals surface area contributed by atoms with Crippen LogP contribution in [0.15, 0.2) is 41.3 Å². The van der Waals surface area contributed by atoms with Crippen LogP contribution in [0.2, 0.25) is 15.1 Å². The molecular weight excluding hydrogens is 459 g/mol. The molecule has 1 heterocycles. The molecule has 0 bridgehead atoms. The van der Waals surface area contributed by atoms with Crippen molar-refractivity contribution in [3.8, 4) is 5.75 Å². The maximum absolute atomic E-state index is 13.2. The molecule has 1 atom stereocenters. The van der Waals surface area contributed by atoms with Crippen molar-refractivity contribution in [3.63, 3.8) is 0 Å². The summed E-state index contributed by atoms with van der Waals surface area (Å²) in [4.78, 5) is 12.7. The molecule has 0 spiro atoms. The van der Waals surface area contributed by atoms with Crippen LogP contribution in [0.1, 0.15) is 12.8 Å². The minimum absolute atomic E-state index is 0.0253. The summed E-state index contributed by atoms with van der Waals surface area (Å²) in [6.45, 7) is 0.334. The van der Waals surface area contributed by atoms with E-state index in [9.17, 15) is 13.2 Å². The molecule has 1 saturated heterocycles. The summed E-state index contributed by atoms with van der Waals surface area (Å²) < 4.78 is 32.8. The molecule has 3 rings (SSSR count). The Kier molecular flexibility index (Phi) is 6.96. The van der Waals surface area contributed by atoms with Gasteiger partial charge < -0.3 is 10.1 Å². The first-order valence-electron chi connectivity index (χ1n) is 8.82. The monoisotopic (exact) mass is 476 g/mol. The van der Waals surface area contributed by atoms with Gasteiger partial charge in [0.1, 0.15) is 10.6 Å². The fourth-order valence-electron chi connectivity index (χ4n) is 3.21. The summed E-state index contributed by atoms with van der Waals surface area (Å²) in [7, 11) is -2.50. The van der Waals surface area contributed by atoms with E-state index < -0.39 is 15.9 Å². The number of carbonyl (C=O) groups is 1. The molecule has 0 saturated carbocycles. The van der Waals surface area contributed by atoms with Crippen molar-refractivity contribution in [2.45, 2.75) is 17.7 Å². The van der Waals surface area contributed by atoms with Crippen LogP contribution in [0, 0.1) is 5.92 Å². The van der Waals surface area contributed by atoms with E-state index in [1.807, 2.05) is 0 Å². The first kappa shape index (κ1) is 22.2. The summed E-state index contributed by atoms with van der Waals surface area (Å²) in [6.07, 6.45) is 1.09. The number of hydrogen-bond acceptors (Lipinski definition) is 4. The van der Waals surface area contributed by atoms with Crippen LogP contribution in [0.25, 0.3) is 0 Å². The van der Waals surface area contributed by atoms with Gasteiger partial charge in [-0.1, -0.05) is 40.9 Å². The molecule has 1 aliphatic heterocycles. The van der Waals surface area contributed by atoms with Gasteiger partial charge in [-0.2, -0.15) is 4.31 Å². The second-order valence-electron chi connectivity index (χ2n) is 6.58. The van der Waals surface area contributed by atoms with Crippen LogP contribution < -0.4 is 10.1 Å². The smallest absolute Gasteiger partial charge is 0.246 e. The van der Waals surface area contributed by atoms with Crippen LogP contribution in [-0.4, -0.2) is 38.8 Å². The van der Waals surface area contributed by atoms with Gasteiger partial charge in [0.25, 0.3) is 0 Å². The normalized spacial score (nSPS) is 17.7. The van der Waals surface area contributed by atoms with E-state index in [1.54, 1.807) is 24.3 Å². The van der Waals surface area contributed by atoms with E-state index in [2.05, 4.69) is 5.32 Å². The molecule has 0 radical (unpaired) electrons. The van der Waals surface area contributed by atoms with E-state index >= 15 is 0 Å². The van der Waals surface area contributed by atoms with Crippen molar-refractivity contribution in [1.82, 2.24) is 4.31 Å². The SMILES string of the molecule is COc1ccc(Cl)cc1S(=O)(=O)N1CCC[C@H](C(=O)Nc2c(Cl)cccc2Cl)C1. The van der Waals surface area contributed by atoms with E-state index in [-0.39, 0.29) is 28.1 Å². The third kappa shape index (κ3) is 4.81. The van der Waals surface area contributed by atoms with Crippen molar-refractivity contribution >= 4 is 56.4 Å². The molecule has 156 valence electrons. The maximum atomic E-state index is 13.2. The summed E-state index contributed by atoms with van der Waals surface area (Å²) in [6, 6.07) is 9.32. The van der Waals surface area contributed by atoms with Crippen molar-refractivity contribution in [2.75, 3.05) is 25.5 Å². The van der Waals surface area contributed by atoms with Crippen LogP contribution in [0.4, 0.5) is 5.69 Å². The highest BCUT2D eigenvalue weighted by atomic mass is 35.5. The number of nitrogens with zero attached hydrogens (tertiary/aromatic N) is 1. The topological polar surface area (TPSA) is 75.7 Å². The van der Waals surface area contributed by atoms with Gasteiger partial charge in [-0.3, -0.25) is 4.79 Å². The number of methoxy groups -OCH3 is 1. The summed E-state index contributed by atoms with van der Waals surface area (Å²) in [5.41, 5.74) is 0.317. The zero-order chi connectivity index (χ0) is 21.2. The number of para-hydroxylation sites is 1. The Morgan fingerprint density at radius 2 is 1.86 bits per heavy atom. The van der Waals surface area contributed by atoms with Gasteiger partial charge in [0.2, 0.25) is 15.9 Å². The molecule has 2 aromatic carbocycles. The molecule has 1 N–H and O–H groups in total. The molecule has 0 aromatic heterocycles. The van der Waals surface area contributed by atoms with E-state index in [4.69, 9.17) is 39.5 Å². The van der Waals surface area contributed by atoms with Crippen LogP contribution in [-0.2, 0) is 14.8 Å². The third-order valence-corrected chi connectivity index (χ3v) is 7.46. The van der Waals surface area contributed by atoms with Gasteiger partial charge in [-0.05, 0) is 43.2 Å². The molecule has 1 fully saturated rings. The Bertz CT molecular complexity index is 1010. The number of anilines is 1. The van der Waals surface area contributed by atoms with Crippen molar-refractivity contribution in [1.29, 1.82) is 0 Å². The number of piperidine rings is 1. The number of amides is 1. The predicted octanol–water partition coefficient (Wildman–Crippen LogP) is 4.69. The first-order valence-corrected chi connectivity index (χ1v) is 11.4. The molecule has 1 amide bonds. The van der Waals surface area contributed by atoms with Crippen LogP contribution in [0.5, 0.6) is 5.75 Å². The molecule has 29 heavy (non-hydrogen) atoms. The maximum Gasteiger partial charge on any atom is 0.246 e. The first-order chi connectivity index (χ1) is 13.7. The van der Waals surface area contributed by atoms with Gasteiger partial charge >= 0.3 is 0 Å². The van der Waals surface area contributed by atoms with Gasteiger partial charge in [0.15, 0.2) is 0 Å². The van der Waals surface area contributed by atoms with Gasteiger partial charge in [-0.15, -0.1) is 0 Å². The summed E-state index contributed by atoms with van der Waals surface area (Å²) in [5, 5.41) is 3.63. The molecule has 0 unspecified atom stereocenters. The number of carbonyl (C=O) groups excluding carboxylic acids is 1. The second-order valence-corrected chi connectivity index (χ2v) is 9.74. The number of ether oxygens (including phenoxy) is 1. The Balaban J connectivity index is 1.82. The zero-order valence-electron chi connectivity index (χ0n) is 15.5. The fraction of sp³-hybridized carbons (Fsp3) is 0.316. The Labute approximate surface area is 184 Å². The summed E-state index contributed by atoms with van der Waals surface area (Å²) >= 11 is 18.2. The summed E-state index contributed by atoms with van der Waals surface area (Å²) in [5.74, 6) is -0.683.